The first-order valence-corrected chi connectivity index (χ1v) is 7.92. The first-order valence-electron chi connectivity index (χ1n) is 7.92. The van der Waals surface area contributed by atoms with Gasteiger partial charge in [-0.15, -0.1) is 0 Å². The number of carbonyl (C=O) groups is 1. The van der Waals surface area contributed by atoms with Gasteiger partial charge in [-0.05, 0) is 30.7 Å². The highest BCUT2D eigenvalue weighted by Crippen LogP contribution is 2.32. The van der Waals surface area contributed by atoms with E-state index in [1.807, 2.05) is 24.3 Å². The summed E-state index contributed by atoms with van der Waals surface area (Å²) >= 11 is 0. The molecule has 124 valence electrons. The average molecular weight is 326 g/mol. The zero-order valence-corrected chi connectivity index (χ0v) is 13.0. The van der Waals surface area contributed by atoms with E-state index in [-0.39, 0.29) is 18.0 Å². The zero-order chi connectivity index (χ0) is 16.4. The first kappa shape index (κ1) is 14.9. The molecule has 1 amide bonds. The molecule has 7 heteroatoms. The van der Waals surface area contributed by atoms with Crippen LogP contribution in [0.3, 0.4) is 0 Å². The van der Waals surface area contributed by atoms with Gasteiger partial charge in [-0.3, -0.25) is 9.78 Å². The molecule has 0 saturated carbocycles. The Morgan fingerprint density at radius 1 is 1.12 bits per heavy atom. The maximum atomic E-state index is 12.5. The van der Waals surface area contributed by atoms with E-state index in [4.69, 9.17) is 9.47 Å². The van der Waals surface area contributed by atoms with Gasteiger partial charge < -0.3 is 14.8 Å². The van der Waals surface area contributed by atoms with Crippen LogP contribution in [-0.4, -0.2) is 30.1 Å². The quantitative estimate of drug-likeness (QED) is 0.791. The second-order valence-corrected chi connectivity index (χ2v) is 5.73. The number of aromatic nitrogens is 1. The number of nitrogens with zero attached hydrogens (tertiary/aromatic N) is 1. The fraction of sp³-hybridized carbons (Fsp3) is 0.294. The van der Waals surface area contributed by atoms with Crippen LogP contribution in [0.25, 0.3) is 0 Å². The maximum absolute atomic E-state index is 12.5. The van der Waals surface area contributed by atoms with Crippen molar-refractivity contribution in [1.29, 1.82) is 0 Å². The normalized spacial score (nSPS) is 22.2. The Hall–Kier alpha value is -2.64. The standard InChI is InChI=1S/C17H18N4O3/c22-17(14-10-13(20-21-14)12-3-1-2-6-18-12)19-11-4-5-15-16(9-11)24-8-7-23-15/h1-6,9,13-14,20-21H,7-8,10H2,(H,19,22). The third-order valence-electron chi connectivity index (χ3n) is 4.07. The summed E-state index contributed by atoms with van der Waals surface area (Å²) in [5.74, 6) is 1.26. The number of ether oxygens (including phenoxy) is 2. The van der Waals surface area contributed by atoms with E-state index in [0.29, 0.717) is 36.8 Å². The van der Waals surface area contributed by atoms with Crippen LogP contribution in [0, 0.1) is 0 Å². The summed E-state index contributed by atoms with van der Waals surface area (Å²) in [6.45, 7) is 1.07. The van der Waals surface area contributed by atoms with E-state index in [2.05, 4.69) is 21.2 Å². The van der Waals surface area contributed by atoms with Crippen LogP contribution in [0.1, 0.15) is 18.2 Å². The number of pyridine rings is 1. The molecule has 0 aliphatic carbocycles. The third kappa shape index (κ3) is 3.04. The van der Waals surface area contributed by atoms with Crippen LogP contribution in [0.5, 0.6) is 11.5 Å². The Labute approximate surface area is 139 Å². The van der Waals surface area contributed by atoms with E-state index in [9.17, 15) is 4.79 Å². The van der Waals surface area contributed by atoms with Crippen molar-refractivity contribution in [1.82, 2.24) is 15.8 Å². The van der Waals surface area contributed by atoms with Crippen LogP contribution >= 0.6 is 0 Å². The average Bonchev–Trinajstić information content (AvgIpc) is 3.13. The predicted molar refractivity (Wildman–Crippen MR) is 87.7 cm³/mol. The van der Waals surface area contributed by atoms with Gasteiger partial charge in [0, 0.05) is 18.0 Å². The van der Waals surface area contributed by atoms with Crippen LogP contribution in [0.15, 0.2) is 42.6 Å². The number of hydrogen-bond acceptors (Lipinski definition) is 6. The summed E-state index contributed by atoms with van der Waals surface area (Å²) < 4.78 is 11.0. The minimum absolute atomic E-state index is 0.0159. The Kier molecular flexibility index (Phi) is 4.02. The fourth-order valence-corrected chi connectivity index (χ4v) is 2.85. The molecular formula is C17H18N4O3. The maximum Gasteiger partial charge on any atom is 0.242 e. The van der Waals surface area contributed by atoms with Crippen molar-refractivity contribution < 1.29 is 14.3 Å². The van der Waals surface area contributed by atoms with E-state index in [1.54, 1.807) is 18.3 Å². The van der Waals surface area contributed by atoms with Crippen molar-refractivity contribution in [3.63, 3.8) is 0 Å². The second-order valence-electron chi connectivity index (χ2n) is 5.73. The Balaban J connectivity index is 1.40. The summed E-state index contributed by atoms with van der Waals surface area (Å²) in [5.41, 5.74) is 7.75. The Bertz CT molecular complexity index is 738. The molecule has 3 heterocycles. The molecule has 2 aliphatic heterocycles. The monoisotopic (exact) mass is 326 g/mol. The molecule has 1 saturated heterocycles. The van der Waals surface area contributed by atoms with Gasteiger partial charge in [0.05, 0.1) is 11.7 Å². The highest BCUT2D eigenvalue weighted by atomic mass is 16.6. The molecule has 7 nitrogen and oxygen atoms in total. The minimum atomic E-state index is -0.329. The SMILES string of the molecule is O=C(Nc1ccc2c(c1)OCCO2)C1CC(c2ccccn2)NN1. The van der Waals surface area contributed by atoms with E-state index < -0.39 is 0 Å². The molecule has 1 aromatic heterocycles. The number of anilines is 1. The van der Waals surface area contributed by atoms with Crippen molar-refractivity contribution in [2.75, 3.05) is 18.5 Å². The second kappa shape index (κ2) is 6.46. The lowest BCUT2D eigenvalue weighted by Gasteiger charge is -2.19. The predicted octanol–water partition coefficient (Wildman–Crippen LogP) is 1.40. The van der Waals surface area contributed by atoms with Crippen molar-refractivity contribution >= 4 is 11.6 Å². The zero-order valence-electron chi connectivity index (χ0n) is 13.0. The molecule has 4 rings (SSSR count). The van der Waals surface area contributed by atoms with Gasteiger partial charge in [-0.2, -0.15) is 0 Å². The number of amides is 1. The lowest BCUT2D eigenvalue weighted by molar-refractivity contribution is -0.117. The third-order valence-corrected chi connectivity index (χ3v) is 4.07. The summed E-state index contributed by atoms with van der Waals surface area (Å²) in [6, 6.07) is 10.8. The van der Waals surface area contributed by atoms with Crippen molar-refractivity contribution in [2.24, 2.45) is 0 Å². The molecule has 0 spiro atoms. The summed E-state index contributed by atoms with van der Waals surface area (Å²) in [7, 11) is 0. The van der Waals surface area contributed by atoms with Gasteiger partial charge >= 0.3 is 0 Å². The van der Waals surface area contributed by atoms with Crippen molar-refractivity contribution in [3.05, 3.63) is 48.3 Å². The largest absolute Gasteiger partial charge is 0.486 e. The van der Waals surface area contributed by atoms with Gasteiger partial charge in [0.1, 0.15) is 19.3 Å². The van der Waals surface area contributed by atoms with E-state index in [0.717, 1.165) is 5.69 Å². The minimum Gasteiger partial charge on any atom is -0.486 e. The molecule has 24 heavy (non-hydrogen) atoms. The molecule has 3 N–H and O–H groups in total. The van der Waals surface area contributed by atoms with Gasteiger partial charge in [0.15, 0.2) is 11.5 Å². The summed E-state index contributed by atoms with van der Waals surface area (Å²) in [4.78, 5) is 16.8. The number of nitrogens with one attached hydrogen (secondary N) is 3. The Morgan fingerprint density at radius 3 is 2.83 bits per heavy atom. The van der Waals surface area contributed by atoms with Crippen LogP contribution in [0.2, 0.25) is 0 Å². The fourth-order valence-electron chi connectivity index (χ4n) is 2.85. The molecule has 0 radical (unpaired) electrons. The van der Waals surface area contributed by atoms with Crippen LogP contribution < -0.4 is 25.6 Å². The van der Waals surface area contributed by atoms with Crippen molar-refractivity contribution in [3.8, 4) is 11.5 Å². The molecular weight excluding hydrogens is 308 g/mol. The van der Waals surface area contributed by atoms with Crippen molar-refractivity contribution in [2.45, 2.75) is 18.5 Å². The number of rotatable bonds is 3. The molecule has 2 aliphatic rings. The lowest BCUT2D eigenvalue weighted by Crippen LogP contribution is -2.39. The summed E-state index contributed by atoms with van der Waals surface area (Å²) in [6.07, 6.45) is 2.38. The van der Waals surface area contributed by atoms with Crippen LogP contribution in [0.4, 0.5) is 5.69 Å². The molecule has 1 fully saturated rings. The number of hydrazine groups is 1. The molecule has 2 aromatic rings. The topological polar surface area (TPSA) is 84.5 Å². The summed E-state index contributed by atoms with van der Waals surface area (Å²) in [5, 5.41) is 2.91. The van der Waals surface area contributed by atoms with E-state index >= 15 is 0 Å². The highest BCUT2D eigenvalue weighted by molar-refractivity contribution is 5.95. The number of fused-ring (bicyclic) bond motifs is 1. The molecule has 1 aromatic carbocycles. The smallest absolute Gasteiger partial charge is 0.242 e. The van der Waals surface area contributed by atoms with Gasteiger partial charge in [-0.25, -0.2) is 10.9 Å². The van der Waals surface area contributed by atoms with E-state index in [1.165, 1.54) is 0 Å². The van der Waals surface area contributed by atoms with Gasteiger partial charge in [0.2, 0.25) is 5.91 Å². The highest BCUT2D eigenvalue weighted by Gasteiger charge is 2.30. The van der Waals surface area contributed by atoms with Gasteiger partial charge in [0.25, 0.3) is 0 Å². The number of carbonyl (C=O) groups excluding carboxylic acids is 1. The Morgan fingerprint density at radius 2 is 2.00 bits per heavy atom. The molecule has 2 atom stereocenters. The number of benzene rings is 1. The lowest BCUT2D eigenvalue weighted by atomic mass is 10.1. The van der Waals surface area contributed by atoms with Gasteiger partial charge in [-0.1, -0.05) is 6.07 Å². The number of hydrogen-bond donors (Lipinski definition) is 3. The first-order chi connectivity index (χ1) is 11.8. The van der Waals surface area contributed by atoms with Crippen LogP contribution in [-0.2, 0) is 4.79 Å². The molecule has 2 unspecified atom stereocenters. The molecule has 0 bridgehead atoms.